The number of aromatic nitrogens is 2. The van der Waals surface area contributed by atoms with Gasteiger partial charge in [-0.15, -0.1) is 11.3 Å². The lowest BCUT2D eigenvalue weighted by molar-refractivity contribution is 0.101. The molecule has 0 atom stereocenters. The Labute approximate surface area is 193 Å². The smallest absolute Gasteiger partial charge is 0.275 e. The highest BCUT2D eigenvalue weighted by Crippen LogP contribution is 2.29. The molecular formula is C23H17ClN4O3S. The van der Waals surface area contributed by atoms with E-state index in [1.807, 2.05) is 12.1 Å². The van der Waals surface area contributed by atoms with Crippen molar-refractivity contribution in [2.45, 2.75) is 0 Å². The zero-order valence-corrected chi connectivity index (χ0v) is 18.4. The van der Waals surface area contributed by atoms with E-state index < -0.39 is 0 Å². The van der Waals surface area contributed by atoms with Crippen molar-refractivity contribution in [3.05, 3.63) is 88.7 Å². The summed E-state index contributed by atoms with van der Waals surface area (Å²) in [4.78, 5) is 33.4. The van der Waals surface area contributed by atoms with Gasteiger partial charge in [-0.2, -0.15) is 0 Å². The normalized spacial score (nSPS) is 10.4. The number of amides is 2. The highest BCUT2D eigenvalue weighted by molar-refractivity contribution is 7.13. The van der Waals surface area contributed by atoms with Gasteiger partial charge in [0.15, 0.2) is 0 Å². The Bertz CT molecular complexity index is 1260. The fourth-order valence-corrected chi connectivity index (χ4v) is 3.79. The number of hydrogen-bond acceptors (Lipinski definition) is 6. The minimum absolute atomic E-state index is 0.299. The van der Waals surface area contributed by atoms with Crippen LogP contribution >= 0.6 is 22.9 Å². The molecule has 0 fully saturated rings. The number of pyridine rings is 1. The van der Waals surface area contributed by atoms with Gasteiger partial charge in [0, 0.05) is 40.1 Å². The summed E-state index contributed by atoms with van der Waals surface area (Å²) in [5, 5.41) is 8.63. The molecule has 0 aliphatic carbocycles. The highest BCUT2D eigenvalue weighted by Gasteiger charge is 2.15. The predicted molar refractivity (Wildman–Crippen MR) is 126 cm³/mol. The second kappa shape index (κ2) is 9.59. The van der Waals surface area contributed by atoms with Crippen LogP contribution in [0.1, 0.15) is 20.8 Å². The molecular weight excluding hydrogens is 448 g/mol. The maximum absolute atomic E-state index is 12.7. The molecule has 2 N–H and O–H groups in total. The van der Waals surface area contributed by atoms with E-state index in [2.05, 4.69) is 20.6 Å². The Morgan fingerprint density at radius 2 is 1.84 bits per heavy atom. The summed E-state index contributed by atoms with van der Waals surface area (Å²) in [6, 6.07) is 15.6. The number of nitrogens with one attached hydrogen (secondary N) is 2. The Balaban J connectivity index is 1.47. The molecule has 0 unspecified atom stereocenters. The lowest BCUT2D eigenvalue weighted by Crippen LogP contribution is -2.14. The van der Waals surface area contributed by atoms with Crippen LogP contribution in [0.25, 0.3) is 10.6 Å². The van der Waals surface area contributed by atoms with Crippen molar-refractivity contribution in [3.63, 3.8) is 0 Å². The molecule has 160 valence electrons. The molecule has 2 amide bonds. The third-order valence-corrected chi connectivity index (χ3v) is 5.60. The molecule has 0 spiro atoms. The molecule has 2 aromatic heterocycles. The van der Waals surface area contributed by atoms with Crippen molar-refractivity contribution < 1.29 is 14.3 Å². The number of hydrogen-bond donors (Lipinski definition) is 2. The first kappa shape index (κ1) is 21.5. The monoisotopic (exact) mass is 464 g/mol. The van der Waals surface area contributed by atoms with Crippen LogP contribution in [0, 0.1) is 0 Å². The molecule has 7 nitrogen and oxygen atoms in total. The van der Waals surface area contributed by atoms with Gasteiger partial charge in [0.25, 0.3) is 11.8 Å². The molecule has 0 saturated heterocycles. The van der Waals surface area contributed by atoms with Crippen LogP contribution in [0.3, 0.4) is 0 Å². The third-order valence-electron chi connectivity index (χ3n) is 4.46. The van der Waals surface area contributed by atoms with Crippen molar-refractivity contribution in [1.82, 2.24) is 9.97 Å². The van der Waals surface area contributed by atoms with Gasteiger partial charge in [-0.05, 0) is 36.4 Å². The number of anilines is 2. The molecule has 0 bridgehead atoms. The molecule has 32 heavy (non-hydrogen) atoms. The van der Waals surface area contributed by atoms with Gasteiger partial charge >= 0.3 is 0 Å². The van der Waals surface area contributed by atoms with E-state index in [-0.39, 0.29) is 11.8 Å². The molecule has 0 radical (unpaired) electrons. The average molecular weight is 465 g/mol. The summed E-state index contributed by atoms with van der Waals surface area (Å²) < 4.78 is 5.38. The Morgan fingerprint density at radius 3 is 2.56 bits per heavy atom. The van der Waals surface area contributed by atoms with E-state index in [0.717, 1.165) is 10.6 Å². The van der Waals surface area contributed by atoms with E-state index in [4.69, 9.17) is 16.3 Å². The topological polar surface area (TPSA) is 93.2 Å². The molecule has 4 aromatic rings. The fraction of sp³-hybridized carbons (Fsp3) is 0.0435. The van der Waals surface area contributed by atoms with Gasteiger partial charge < -0.3 is 15.4 Å². The number of nitrogens with zero attached hydrogens (tertiary/aromatic N) is 2. The predicted octanol–water partition coefficient (Wildman–Crippen LogP) is 5.37. The first-order chi connectivity index (χ1) is 15.5. The highest BCUT2D eigenvalue weighted by atomic mass is 35.5. The average Bonchev–Trinajstić information content (AvgIpc) is 3.31. The number of rotatable bonds is 6. The molecule has 0 aliphatic heterocycles. The molecule has 4 rings (SSSR count). The third kappa shape index (κ3) is 4.93. The quantitative estimate of drug-likeness (QED) is 0.400. The minimum atomic E-state index is -0.351. The van der Waals surface area contributed by atoms with Crippen molar-refractivity contribution >= 4 is 46.1 Å². The summed E-state index contributed by atoms with van der Waals surface area (Å²) in [5.74, 6) is -0.263. The van der Waals surface area contributed by atoms with Crippen molar-refractivity contribution in [3.8, 4) is 16.3 Å². The first-order valence-corrected chi connectivity index (χ1v) is 10.7. The molecule has 2 heterocycles. The van der Waals surface area contributed by atoms with Crippen molar-refractivity contribution in [1.29, 1.82) is 0 Å². The Morgan fingerprint density at radius 1 is 1.03 bits per heavy atom. The fourth-order valence-electron chi connectivity index (χ4n) is 2.86. The Kier molecular flexibility index (Phi) is 6.44. The van der Waals surface area contributed by atoms with Crippen LogP contribution in [0.2, 0.25) is 5.02 Å². The van der Waals surface area contributed by atoms with Gasteiger partial charge in [-0.1, -0.05) is 23.7 Å². The largest absolute Gasteiger partial charge is 0.494 e. The van der Waals surface area contributed by atoms with Gasteiger partial charge in [-0.25, -0.2) is 4.98 Å². The van der Waals surface area contributed by atoms with Crippen LogP contribution in [-0.2, 0) is 0 Å². The van der Waals surface area contributed by atoms with Crippen molar-refractivity contribution in [2.75, 3.05) is 17.7 Å². The summed E-state index contributed by atoms with van der Waals surface area (Å²) in [7, 11) is 1.49. The molecule has 2 aromatic carbocycles. The number of methoxy groups -OCH3 is 1. The van der Waals surface area contributed by atoms with Crippen LogP contribution in [0.4, 0.5) is 11.4 Å². The van der Waals surface area contributed by atoms with E-state index >= 15 is 0 Å². The second-order valence-corrected chi connectivity index (χ2v) is 7.90. The zero-order chi connectivity index (χ0) is 22.5. The Hall–Kier alpha value is -3.75. The maximum atomic E-state index is 12.7. The number of ether oxygens (including phenoxy) is 1. The lowest BCUT2D eigenvalue weighted by atomic mass is 10.2. The number of halogens is 1. The van der Waals surface area contributed by atoms with Gasteiger partial charge in [0.05, 0.1) is 18.4 Å². The van der Waals surface area contributed by atoms with Crippen LogP contribution in [0.15, 0.2) is 72.4 Å². The van der Waals surface area contributed by atoms with Crippen LogP contribution in [-0.4, -0.2) is 28.9 Å². The van der Waals surface area contributed by atoms with E-state index in [1.165, 1.54) is 24.6 Å². The number of thiazole rings is 1. The standard InChI is InChI=1S/C23H17ClN4O3S/c1-31-20-11-17(8-9-18(20)27-21(29)15-3-2-10-25-12-15)26-22(30)19-13-32-23(28-19)14-4-6-16(24)7-5-14/h2-13H,1H3,(H,26,30)(H,27,29). The van der Waals surface area contributed by atoms with Gasteiger partial charge in [-0.3, -0.25) is 14.6 Å². The van der Waals surface area contributed by atoms with Gasteiger partial charge in [0.2, 0.25) is 0 Å². The molecule has 0 aliphatic rings. The summed E-state index contributed by atoms with van der Waals surface area (Å²) in [6.45, 7) is 0. The number of carbonyl (C=O) groups excluding carboxylic acids is 2. The summed E-state index contributed by atoms with van der Waals surface area (Å²) in [6.07, 6.45) is 3.07. The number of benzene rings is 2. The zero-order valence-electron chi connectivity index (χ0n) is 16.8. The minimum Gasteiger partial charge on any atom is -0.494 e. The second-order valence-electron chi connectivity index (χ2n) is 6.61. The van der Waals surface area contributed by atoms with E-state index in [9.17, 15) is 9.59 Å². The van der Waals surface area contributed by atoms with Gasteiger partial charge in [0.1, 0.15) is 16.5 Å². The maximum Gasteiger partial charge on any atom is 0.275 e. The molecule has 0 saturated carbocycles. The van der Waals surface area contributed by atoms with E-state index in [0.29, 0.717) is 33.4 Å². The summed E-state index contributed by atoms with van der Waals surface area (Å²) >= 11 is 7.29. The molecule has 9 heteroatoms. The van der Waals surface area contributed by atoms with Crippen molar-refractivity contribution in [2.24, 2.45) is 0 Å². The van der Waals surface area contributed by atoms with E-state index in [1.54, 1.807) is 54.0 Å². The SMILES string of the molecule is COc1cc(NC(=O)c2csc(-c3ccc(Cl)cc3)n2)ccc1NC(=O)c1cccnc1. The summed E-state index contributed by atoms with van der Waals surface area (Å²) in [5.41, 5.74) is 2.58. The van der Waals surface area contributed by atoms with Crippen LogP contribution in [0.5, 0.6) is 5.75 Å². The lowest BCUT2D eigenvalue weighted by Gasteiger charge is -2.12. The van der Waals surface area contributed by atoms with Crippen LogP contribution < -0.4 is 15.4 Å². The first-order valence-electron chi connectivity index (χ1n) is 9.46. The number of carbonyl (C=O) groups is 2.